The Morgan fingerprint density at radius 3 is 2.84 bits per heavy atom. The van der Waals surface area contributed by atoms with Crippen LogP contribution in [-0.4, -0.2) is 36.5 Å². The van der Waals surface area contributed by atoms with Crippen molar-refractivity contribution in [2.24, 2.45) is 5.92 Å². The number of hydroxylamine groups is 1. The molecule has 3 unspecified atom stereocenters. The first-order valence-corrected chi connectivity index (χ1v) is 7.22. The van der Waals surface area contributed by atoms with Gasteiger partial charge < -0.3 is 10.6 Å². The minimum Gasteiger partial charge on any atom is -0.341 e. The molecule has 0 aromatic carbocycles. The van der Waals surface area contributed by atoms with E-state index in [2.05, 4.69) is 16.1 Å². The number of nitrogens with one attached hydrogen (secondary N) is 3. The van der Waals surface area contributed by atoms with Crippen LogP contribution < -0.4 is 16.1 Å². The SMILES string of the molecule is O=C(N[C@@H]1CONC1=O)C1CCC2CCCCC2N1. The summed E-state index contributed by atoms with van der Waals surface area (Å²) in [5, 5.41) is 6.21. The van der Waals surface area contributed by atoms with Crippen molar-refractivity contribution in [1.82, 2.24) is 16.1 Å². The molecule has 106 valence electrons. The summed E-state index contributed by atoms with van der Waals surface area (Å²) in [6, 6.07) is -0.224. The van der Waals surface area contributed by atoms with E-state index >= 15 is 0 Å². The summed E-state index contributed by atoms with van der Waals surface area (Å²) >= 11 is 0. The molecular formula is C13H21N3O3. The Hall–Kier alpha value is -1.14. The van der Waals surface area contributed by atoms with Crippen LogP contribution in [0.15, 0.2) is 0 Å². The van der Waals surface area contributed by atoms with Gasteiger partial charge >= 0.3 is 0 Å². The molecule has 1 saturated carbocycles. The molecule has 1 aliphatic carbocycles. The third kappa shape index (κ3) is 2.74. The zero-order chi connectivity index (χ0) is 13.2. The molecule has 3 rings (SSSR count). The van der Waals surface area contributed by atoms with Crippen molar-refractivity contribution in [2.75, 3.05) is 6.61 Å². The molecule has 2 amide bonds. The first-order valence-electron chi connectivity index (χ1n) is 7.22. The van der Waals surface area contributed by atoms with E-state index in [0.717, 1.165) is 18.8 Å². The average molecular weight is 267 g/mol. The van der Waals surface area contributed by atoms with E-state index in [4.69, 9.17) is 4.84 Å². The van der Waals surface area contributed by atoms with Gasteiger partial charge in [0.25, 0.3) is 5.91 Å². The summed E-state index contributed by atoms with van der Waals surface area (Å²) < 4.78 is 0. The van der Waals surface area contributed by atoms with Crippen LogP contribution in [0.25, 0.3) is 0 Å². The number of rotatable bonds is 2. The maximum atomic E-state index is 12.2. The van der Waals surface area contributed by atoms with Crippen LogP contribution in [0.2, 0.25) is 0 Å². The van der Waals surface area contributed by atoms with E-state index in [1.165, 1.54) is 25.7 Å². The van der Waals surface area contributed by atoms with Crippen molar-refractivity contribution in [2.45, 2.75) is 56.7 Å². The number of fused-ring (bicyclic) bond motifs is 1. The first-order chi connectivity index (χ1) is 9.24. The monoisotopic (exact) mass is 267 g/mol. The van der Waals surface area contributed by atoms with Crippen molar-refractivity contribution in [3.8, 4) is 0 Å². The Kier molecular flexibility index (Phi) is 3.70. The summed E-state index contributed by atoms with van der Waals surface area (Å²) in [7, 11) is 0. The quantitative estimate of drug-likeness (QED) is 0.650. The molecule has 2 saturated heterocycles. The van der Waals surface area contributed by atoms with Crippen LogP contribution >= 0.6 is 0 Å². The highest BCUT2D eigenvalue weighted by atomic mass is 16.7. The predicted octanol–water partition coefficient (Wildman–Crippen LogP) is -0.157. The Balaban J connectivity index is 1.54. The molecule has 19 heavy (non-hydrogen) atoms. The molecular weight excluding hydrogens is 246 g/mol. The highest BCUT2D eigenvalue weighted by Gasteiger charge is 2.36. The Morgan fingerprint density at radius 1 is 1.21 bits per heavy atom. The minimum absolute atomic E-state index is 0.0744. The average Bonchev–Trinajstić information content (AvgIpc) is 2.84. The van der Waals surface area contributed by atoms with E-state index < -0.39 is 6.04 Å². The van der Waals surface area contributed by atoms with Gasteiger partial charge in [0.05, 0.1) is 6.04 Å². The Bertz CT molecular complexity index is 374. The molecule has 2 aliphatic heterocycles. The van der Waals surface area contributed by atoms with Crippen LogP contribution in [0.1, 0.15) is 38.5 Å². The van der Waals surface area contributed by atoms with Gasteiger partial charge in [-0.15, -0.1) is 0 Å². The molecule has 0 aromatic rings. The van der Waals surface area contributed by atoms with Gasteiger partial charge in [-0.2, -0.15) is 0 Å². The Morgan fingerprint density at radius 2 is 2.05 bits per heavy atom. The van der Waals surface area contributed by atoms with Crippen LogP contribution in [-0.2, 0) is 14.4 Å². The van der Waals surface area contributed by atoms with E-state index in [-0.39, 0.29) is 24.5 Å². The third-order valence-corrected chi connectivity index (χ3v) is 4.52. The minimum atomic E-state index is -0.543. The maximum Gasteiger partial charge on any atom is 0.268 e. The normalized spacial score (nSPS) is 38.4. The number of piperidine rings is 1. The Labute approximate surface area is 112 Å². The zero-order valence-electron chi connectivity index (χ0n) is 11.0. The summed E-state index contributed by atoms with van der Waals surface area (Å²) in [4.78, 5) is 28.3. The van der Waals surface area contributed by atoms with Crippen molar-refractivity contribution < 1.29 is 14.4 Å². The molecule has 0 aromatic heterocycles. The predicted molar refractivity (Wildman–Crippen MR) is 67.9 cm³/mol. The molecule has 3 aliphatic rings. The summed E-state index contributed by atoms with van der Waals surface area (Å²) in [6.45, 7) is 0.212. The number of carbonyl (C=O) groups is 2. The molecule has 4 atom stereocenters. The van der Waals surface area contributed by atoms with Crippen molar-refractivity contribution in [3.05, 3.63) is 0 Å². The second kappa shape index (κ2) is 5.46. The number of hydrogen-bond acceptors (Lipinski definition) is 4. The molecule has 6 nitrogen and oxygen atoms in total. The van der Waals surface area contributed by atoms with E-state index in [0.29, 0.717) is 6.04 Å². The van der Waals surface area contributed by atoms with E-state index in [1.54, 1.807) is 0 Å². The number of amides is 2. The third-order valence-electron chi connectivity index (χ3n) is 4.52. The van der Waals surface area contributed by atoms with Gasteiger partial charge in [0.15, 0.2) is 0 Å². The van der Waals surface area contributed by atoms with E-state index in [9.17, 15) is 9.59 Å². The molecule has 3 fully saturated rings. The van der Waals surface area contributed by atoms with E-state index in [1.807, 2.05) is 0 Å². The summed E-state index contributed by atoms with van der Waals surface area (Å²) in [6.07, 6.45) is 7.00. The lowest BCUT2D eigenvalue weighted by Crippen LogP contribution is -2.57. The fraction of sp³-hybridized carbons (Fsp3) is 0.846. The van der Waals surface area contributed by atoms with Crippen molar-refractivity contribution in [1.29, 1.82) is 0 Å². The van der Waals surface area contributed by atoms with Gasteiger partial charge in [-0.1, -0.05) is 12.8 Å². The van der Waals surface area contributed by atoms with Crippen LogP contribution in [0.3, 0.4) is 0 Å². The highest BCUT2D eigenvalue weighted by molar-refractivity contribution is 5.90. The fourth-order valence-corrected chi connectivity index (χ4v) is 3.42. The highest BCUT2D eigenvalue weighted by Crippen LogP contribution is 2.32. The second-order valence-corrected chi connectivity index (χ2v) is 5.79. The van der Waals surface area contributed by atoms with Crippen molar-refractivity contribution >= 4 is 11.8 Å². The van der Waals surface area contributed by atoms with Crippen LogP contribution in [0, 0.1) is 5.92 Å². The van der Waals surface area contributed by atoms with Gasteiger partial charge in [-0.25, -0.2) is 5.48 Å². The number of hydrogen-bond donors (Lipinski definition) is 3. The maximum absolute atomic E-state index is 12.2. The lowest BCUT2D eigenvalue weighted by atomic mass is 9.77. The summed E-state index contributed by atoms with van der Waals surface area (Å²) in [5.74, 6) is 0.394. The van der Waals surface area contributed by atoms with Gasteiger partial charge in [0.2, 0.25) is 5.91 Å². The van der Waals surface area contributed by atoms with Crippen LogP contribution in [0.5, 0.6) is 0 Å². The van der Waals surface area contributed by atoms with Crippen molar-refractivity contribution in [3.63, 3.8) is 0 Å². The van der Waals surface area contributed by atoms with Crippen LogP contribution in [0.4, 0.5) is 0 Å². The largest absolute Gasteiger partial charge is 0.341 e. The second-order valence-electron chi connectivity index (χ2n) is 5.79. The lowest BCUT2D eigenvalue weighted by molar-refractivity contribution is -0.130. The number of carbonyl (C=O) groups excluding carboxylic acids is 2. The molecule has 2 heterocycles. The van der Waals surface area contributed by atoms with Gasteiger partial charge in [-0.3, -0.25) is 14.4 Å². The molecule has 6 heteroatoms. The topological polar surface area (TPSA) is 79.5 Å². The lowest BCUT2D eigenvalue weighted by Gasteiger charge is -2.40. The molecule has 0 radical (unpaired) electrons. The smallest absolute Gasteiger partial charge is 0.268 e. The van der Waals surface area contributed by atoms with Gasteiger partial charge in [0.1, 0.15) is 12.6 Å². The fourth-order valence-electron chi connectivity index (χ4n) is 3.42. The molecule has 3 N–H and O–H groups in total. The zero-order valence-corrected chi connectivity index (χ0v) is 11.0. The van der Waals surface area contributed by atoms with Gasteiger partial charge in [0, 0.05) is 6.04 Å². The van der Waals surface area contributed by atoms with Gasteiger partial charge in [-0.05, 0) is 31.6 Å². The standard InChI is InChI=1S/C13H21N3O3/c17-12(15-11-7-19-16-13(11)18)10-6-5-8-3-1-2-4-9(8)14-10/h8-11,14H,1-7H2,(H,15,17)(H,16,18)/t8?,9?,10?,11-/m1/s1. The first kappa shape index (κ1) is 12.9. The summed E-state index contributed by atoms with van der Waals surface area (Å²) in [5.41, 5.74) is 2.25. The molecule has 0 bridgehead atoms. The molecule has 0 spiro atoms.